The number of aromatic nitrogens is 2. The fourth-order valence-corrected chi connectivity index (χ4v) is 5.55. The van der Waals surface area contributed by atoms with Gasteiger partial charge in [-0.1, -0.05) is 19.0 Å². The molecule has 0 aliphatic carbocycles. The van der Waals surface area contributed by atoms with Gasteiger partial charge in [0.05, 0.1) is 12.0 Å². The molecule has 1 atom stereocenters. The Bertz CT molecular complexity index is 1110. The van der Waals surface area contributed by atoms with Gasteiger partial charge in [0.25, 0.3) is 15.8 Å². The van der Waals surface area contributed by atoms with Crippen LogP contribution in [0.2, 0.25) is 0 Å². The van der Waals surface area contributed by atoms with Crippen molar-refractivity contribution < 1.29 is 27.2 Å². The number of hydrogen-bond acceptors (Lipinski definition) is 9. The first-order chi connectivity index (χ1) is 13.8. The van der Waals surface area contributed by atoms with Gasteiger partial charge in [-0.2, -0.15) is 4.31 Å². The van der Waals surface area contributed by atoms with E-state index in [4.69, 9.17) is 9.05 Å². The number of nitrogens with one attached hydrogen (secondary N) is 3. The van der Waals surface area contributed by atoms with E-state index in [2.05, 4.69) is 15.8 Å². The summed E-state index contributed by atoms with van der Waals surface area (Å²) in [7, 11) is -3.82. The highest BCUT2D eigenvalue weighted by atomic mass is 32.2. The molecule has 0 aliphatic heterocycles. The molecular formula is C16H22N5O6S2+. The number of aromatic hydroxyl groups is 1. The Morgan fingerprint density at radius 2 is 2.10 bits per heavy atom. The van der Waals surface area contributed by atoms with Gasteiger partial charge >= 0.3 is 5.82 Å². The van der Waals surface area contributed by atoms with Gasteiger partial charge in [0.2, 0.25) is 0 Å². The molecule has 3 aromatic heterocycles. The molecule has 29 heavy (non-hydrogen) atoms. The van der Waals surface area contributed by atoms with Gasteiger partial charge in [0.15, 0.2) is 14.6 Å². The third-order valence-corrected chi connectivity index (χ3v) is 7.78. The molecule has 0 radical (unpaired) electrons. The van der Waals surface area contributed by atoms with Crippen molar-refractivity contribution in [2.75, 3.05) is 23.7 Å². The number of rotatable bonds is 9. The first kappa shape index (κ1) is 21.0. The van der Waals surface area contributed by atoms with E-state index >= 15 is 0 Å². The van der Waals surface area contributed by atoms with E-state index in [1.807, 2.05) is 0 Å². The van der Waals surface area contributed by atoms with Crippen molar-refractivity contribution >= 4 is 38.7 Å². The maximum Gasteiger partial charge on any atom is 0.367 e. The van der Waals surface area contributed by atoms with Gasteiger partial charge in [-0.25, -0.2) is 8.42 Å². The molecule has 0 bridgehead atoms. The van der Waals surface area contributed by atoms with Crippen LogP contribution < -0.4 is 15.2 Å². The Kier molecular flexibility index (Phi) is 6.00. The lowest BCUT2D eigenvalue weighted by Gasteiger charge is -2.17. The molecule has 3 heterocycles. The molecule has 3 rings (SSSR count). The minimum Gasteiger partial charge on any atom is -0.504 e. The maximum absolute atomic E-state index is 12.7. The number of H-pyrrole nitrogens is 1. The Balaban J connectivity index is 1.87. The lowest BCUT2D eigenvalue weighted by Crippen LogP contribution is -2.30. The highest BCUT2D eigenvalue weighted by molar-refractivity contribution is 7.91. The third-order valence-electron chi connectivity index (χ3n) is 4.24. The molecule has 0 aliphatic rings. The summed E-state index contributed by atoms with van der Waals surface area (Å²) in [5.41, 5.74) is 0.118. The van der Waals surface area contributed by atoms with Gasteiger partial charge in [-0.15, -0.1) is 16.0 Å². The summed E-state index contributed by atoms with van der Waals surface area (Å²) in [4.78, 5) is 12.0. The standard InChI is InChI=1S/C16H21N5O6S2/c1-4-20(5-2)29(24,25)16-13(22)11(9-28-16)18-14-15(21(23)27-19-14)17-10(3)12-7-6-8-26-12/h6-10,17H,4-5H2,1-3H3,(H2-,18,19,22,23)/p+1/t10-/m1/s1. The Morgan fingerprint density at radius 1 is 1.38 bits per heavy atom. The monoisotopic (exact) mass is 444 g/mol. The highest BCUT2D eigenvalue weighted by Gasteiger charge is 2.30. The van der Waals surface area contributed by atoms with Gasteiger partial charge in [-0.05, 0) is 24.0 Å². The Labute approximate surface area is 170 Å². The van der Waals surface area contributed by atoms with Crippen molar-refractivity contribution in [1.82, 2.24) is 9.46 Å². The summed E-state index contributed by atoms with van der Waals surface area (Å²) in [6, 6.07) is 3.12. The van der Waals surface area contributed by atoms with Gasteiger partial charge in [-0.3, -0.25) is 5.32 Å². The van der Waals surface area contributed by atoms with Crippen molar-refractivity contribution in [3.63, 3.8) is 0 Å². The van der Waals surface area contributed by atoms with Gasteiger partial charge in [0, 0.05) is 18.5 Å². The third kappa shape index (κ3) is 4.02. The summed E-state index contributed by atoms with van der Waals surface area (Å²) >= 11 is 0.879. The number of thiophene rings is 1. The summed E-state index contributed by atoms with van der Waals surface area (Å²) in [5, 5.41) is 20.0. The largest absolute Gasteiger partial charge is 0.504 e. The Morgan fingerprint density at radius 3 is 2.72 bits per heavy atom. The molecule has 11 nitrogen and oxygen atoms in total. The second-order valence-corrected chi connectivity index (χ2v) is 9.07. The smallest absolute Gasteiger partial charge is 0.367 e. The van der Waals surface area contributed by atoms with Gasteiger partial charge in [0.1, 0.15) is 11.8 Å². The predicted octanol–water partition coefficient (Wildman–Crippen LogP) is 2.83. The topological polar surface area (TPSA) is 147 Å². The van der Waals surface area contributed by atoms with Crippen LogP contribution in [0.3, 0.4) is 0 Å². The maximum atomic E-state index is 12.7. The second-order valence-electron chi connectivity index (χ2n) is 6.06. The Hall–Kier alpha value is -2.77. The van der Waals surface area contributed by atoms with E-state index in [0.29, 0.717) is 5.76 Å². The minimum atomic E-state index is -3.82. The minimum absolute atomic E-state index is 0.00708. The van der Waals surface area contributed by atoms with Crippen LogP contribution in [0.15, 0.2) is 37.0 Å². The molecule has 0 amide bonds. The van der Waals surface area contributed by atoms with E-state index in [9.17, 15) is 18.4 Å². The van der Waals surface area contributed by atoms with Crippen LogP contribution in [0.1, 0.15) is 32.6 Å². The molecule has 0 fully saturated rings. The van der Waals surface area contributed by atoms with Crippen LogP contribution in [0.5, 0.6) is 5.75 Å². The molecular weight excluding hydrogens is 422 g/mol. The molecule has 0 saturated heterocycles. The van der Waals surface area contributed by atoms with Crippen molar-refractivity contribution in [2.24, 2.45) is 0 Å². The van der Waals surface area contributed by atoms with Crippen molar-refractivity contribution in [2.45, 2.75) is 31.0 Å². The number of furan rings is 1. The van der Waals surface area contributed by atoms with Crippen LogP contribution in [0.4, 0.5) is 17.3 Å². The summed E-state index contributed by atoms with van der Waals surface area (Å²) in [5.74, 6) is 0.285. The first-order valence-corrected chi connectivity index (χ1v) is 11.1. The molecule has 3 aromatic rings. The summed E-state index contributed by atoms with van der Waals surface area (Å²) < 4.78 is 36.7. The fraction of sp³-hybridized carbons (Fsp3) is 0.375. The average Bonchev–Trinajstić information content (AvgIpc) is 3.40. The molecule has 0 unspecified atom stereocenters. The lowest BCUT2D eigenvalue weighted by atomic mass is 10.2. The van der Waals surface area contributed by atoms with Crippen molar-refractivity contribution in [3.05, 3.63) is 34.4 Å². The number of aromatic amines is 1. The zero-order valence-electron chi connectivity index (χ0n) is 16.0. The van der Waals surface area contributed by atoms with Crippen LogP contribution in [0.25, 0.3) is 0 Å². The van der Waals surface area contributed by atoms with Gasteiger partial charge < -0.3 is 14.8 Å². The number of anilines is 3. The molecule has 4 N–H and O–H groups in total. The average molecular weight is 445 g/mol. The van der Waals surface area contributed by atoms with Crippen LogP contribution in [-0.4, -0.2) is 36.1 Å². The molecule has 0 spiro atoms. The second kappa shape index (κ2) is 8.31. The van der Waals surface area contributed by atoms with Crippen LogP contribution >= 0.6 is 11.3 Å². The van der Waals surface area contributed by atoms with E-state index in [-0.39, 0.29) is 45.3 Å². The van der Waals surface area contributed by atoms with Crippen LogP contribution in [0, 0.1) is 4.91 Å². The summed E-state index contributed by atoms with van der Waals surface area (Å²) in [6.45, 7) is 5.78. The zero-order valence-corrected chi connectivity index (χ0v) is 17.6. The molecule has 158 valence electrons. The predicted molar refractivity (Wildman–Crippen MR) is 107 cm³/mol. The SMILES string of the molecule is CCN(CC)S(=O)(=O)c1scc(Nc2[nH]o[n+](=O)c2N[C@H](C)c2ccco2)c1O. The van der Waals surface area contributed by atoms with E-state index in [1.165, 1.54) is 15.9 Å². The fourth-order valence-electron chi connectivity index (χ4n) is 2.72. The summed E-state index contributed by atoms with van der Waals surface area (Å²) in [6.07, 6.45) is 1.51. The first-order valence-electron chi connectivity index (χ1n) is 8.81. The number of nitrogens with zero attached hydrogens (tertiary/aromatic N) is 2. The number of hydrogen-bond donors (Lipinski definition) is 4. The van der Waals surface area contributed by atoms with E-state index in [0.717, 1.165) is 11.3 Å². The van der Waals surface area contributed by atoms with E-state index < -0.39 is 15.8 Å². The highest BCUT2D eigenvalue weighted by Crippen LogP contribution is 2.40. The number of sulfonamides is 1. The zero-order chi connectivity index (χ0) is 21.2. The van der Waals surface area contributed by atoms with Crippen molar-refractivity contribution in [1.29, 1.82) is 0 Å². The molecule has 0 aromatic carbocycles. The van der Waals surface area contributed by atoms with E-state index in [1.54, 1.807) is 32.9 Å². The lowest BCUT2D eigenvalue weighted by molar-refractivity contribution is -0.701. The quantitative estimate of drug-likeness (QED) is 0.394. The normalized spacial score (nSPS) is 13.0. The molecule has 13 heteroatoms. The molecule has 0 saturated carbocycles. The van der Waals surface area contributed by atoms with Crippen molar-refractivity contribution in [3.8, 4) is 5.75 Å². The van der Waals surface area contributed by atoms with Crippen LogP contribution in [-0.2, 0) is 10.0 Å².